The van der Waals surface area contributed by atoms with E-state index < -0.39 is 41.7 Å². The monoisotopic (exact) mass is 310 g/mol. The lowest BCUT2D eigenvalue weighted by molar-refractivity contribution is -0.275. The van der Waals surface area contributed by atoms with Crippen LogP contribution in [0.25, 0.3) is 0 Å². The molecule has 0 radical (unpaired) electrons. The predicted octanol–water partition coefficient (Wildman–Crippen LogP) is 2.36. The number of ether oxygens (including phenoxy) is 1. The van der Waals surface area contributed by atoms with E-state index in [9.17, 15) is 26.7 Å². The summed E-state index contributed by atoms with van der Waals surface area (Å²) in [5.74, 6) is -3.13. The Morgan fingerprint density at radius 3 is 2.67 bits per heavy atom. The molecule has 1 aliphatic heterocycles. The minimum Gasteiger partial charge on any atom is -0.403 e. The van der Waals surface area contributed by atoms with Gasteiger partial charge < -0.3 is 15.4 Å². The molecule has 2 rings (SSSR count). The molecule has 0 spiro atoms. The number of carbonyl (C=O) groups excluding carboxylic acids is 1. The quantitative estimate of drug-likeness (QED) is 0.843. The molecule has 1 aromatic carbocycles. The van der Waals surface area contributed by atoms with E-state index in [1.807, 2.05) is 0 Å². The standard InChI is InChI=1S/C12H11F5N2O2/c13-6-4-8(18-5-6)11(20)19-7-2-1-3-9(10(7)14)21-12(15,16)17/h1-3,6,8,18H,4-5H2,(H,19,20). The number of amides is 1. The van der Waals surface area contributed by atoms with E-state index in [2.05, 4.69) is 15.4 Å². The molecular formula is C12H11F5N2O2. The van der Waals surface area contributed by atoms with Crippen LogP contribution in [0.3, 0.4) is 0 Å². The molecular weight excluding hydrogens is 299 g/mol. The van der Waals surface area contributed by atoms with E-state index in [-0.39, 0.29) is 13.0 Å². The van der Waals surface area contributed by atoms with Gasteiger partial charge in [0.2, 0.25) is 5.91 Å². The van der Waals surface area contributed by atoms with Crippen LogP contribution in [0.15, 0.2) is 18.2 Å². The number of alkyl halides is 4. The molecule has 1 heterocycles. The lowest BCUT2D eigenvalue weighted by atomic mass is 10.2. The van der Waals surface area contributed by atoms with E-state index >= 15 is 0 Å². The Bertz CT molecular complexity index is 535. The average Bonchev–Trinajstić information content (AvgIpc) is 2.79. The van der Waals surface area contributed by atoms with Gasteiger partial charge in [0.1, 0.15) is 6.17 Å². The van der Waals surface area contributed by atoms with Crippen molar-refractivity contribution in [1.82, 2.24) is 5.32 Å². The number of rotatable bonds is 3. The first kappa shape index (κ1) is 15.5. The largest absolute Gasteiger partial charge is 0.573 e. The summed E-state index contributed by atoms with van der Waals surface area (Å²) >= 11 is 0. The number of benzene rings is 1. The number of hydrogen-bond acceptors (Lipinski definition) is 3. The molecule has 21 heavy (non-hydrogen) atoms. The summed E-state index contributed by atoms with van der Waals surface area (Å²) in [5, 5.41) is 4.69. The van der Waals surface area contributed by atoms with Crippen LogP contribution in [0.5, 0.6) is 5.75 Å². The first-order valence-corrected chi connectivity index (χ1v) is 5.99. The van der Waals surface area contributed by atoms with E-state index in [0.717, 1.165) is 18.2 Å². The van der Waals surface area contributed by atoms with E-state index in [0.29, 0.717) is 0 Å². The van der Waals surface area contributed by atoms with Crippen molar-refractivity contribution in [3.05, 3.63) is 24.0 Å². The third-order valence-corrected chi connectivity index (χ3v) is 2.84. The van der Waals surface area contributed by atoms with Gasteiger partial charge in [0.05, 0.1) is 11.7 Å². The lowest BCUT2D eigenvalue weighted by Crippen LogP contribution is -2.35. The number of carbonyl (C=O) groups is 1. The summed E-state index contributed by atoms with van der Waals surface area (Å²) in [7, 11) is 0. The second kappa shape index (κ2) is 5.84. The fourth-order valence-corrected chi connectivity index (χ4v) is 1.92. The Kier molecular flexibility index (Phi) is 4.31. The third kappa shape index (κ3) is 4.03. The molecule has 1 saturated heterocycles. The summed E-state index contributed by atoms with van der Waals surface area (Å²) in [6.45, 7) is -0.00219. The Morgan fingerprint density at radius 2 is 2.10 bits per heavy atom. The van der Waals surface area contributed by atoms with Crippen molar-refractivity contribution >= 4 is 11.6 Å². The fraction of sp³-hybridized carbons (Fsp3) is 0.417. The van der Waals surface area contributed by atoms with Gasteiger partial charge in [0, 0.05) is 13.0 Å². The molecule has 0 aromatic heterocycles. The van der Waals surface area contributed by atoms with E-state index in [1.165, 1.54) is 0 Å². The second-order valence-corrected chi connectivity index (χ2v) is 4.45. The summed E-state index contributed by atoms with van der Waals surface area (Å²) in [4.78, 5) is 11.7. The smallest absolute Gasteiger partial charge is 0.403 e. The van der Waals surface area contributed by atoms with Crippen LogP contribution < -0.4 is 15.4 Å². The first-order valence-electron chi connectivity index (χ1n) is 5.99. The lowest BCUT2D eigenvalue weighted by Gasteiger charge is -2.14. The van der Waals surface area contributed by atoms with Crippen LogP contribution in [0.1, 0.15) is 6.42 Å². The number of hydrogen-bond donors (Lipinski definition) is 2. The van der Waals surface area contributed by atoms with Gasteiger partial charge in [-0.1, -0.05) is 6.07 Å². The highest BCUT2D eigenvalue weighted by atomic mass is 19.4. The molecule has 1 aromatic rings. The molecule has 1 amide bonds. The molecule has 1 aliphatic rings. The van der Waals surface area contributed by atoms with Gasteiger partial charge >= 0.3 is 6.36 Å². The molecule has 0 bridgehead atoms. The van der Waals surface area contributed by atoms with Crippen LogP contribution in [0.4, 0.5) is 27.6 Å². The molecule has 9 heteroatoms. The molecule has 2 unspecified atom stereocenters. The van der Waals surface area contributed by atoms with Crippen LogP contribution in [0, 0.1) is 5.82 Å². The SMILES string of the molecule is O=C(Nc1cccc(OC(F)(F)F)c1F)C1CC(F)CN1. The summed E-state index contributed by atoms with van der Waals surface area (Å²) in [6, 6.07) is 2.11. The Hall–Kier alpha value is -1.90. The first-order chi connectivity index (χ1) is 9.76. The van der Waals surface area contributed by atoms with Crippen LogP contribution in [-0.4, -0.2) is 31.0 Å². The van der Waals surface area contributed by atoms with Gasteiger partial charge in [-0.3, -0.25) is 4.79 Å². The topological polar surface area (TPSA) is 50.4 Å². The van der Waals surface area contributed by atoms with Crippen molar-refractivity contribution in [2.24, 2.45) is 0 Å². The molecule has 4 nitrogen and oxygen atoms in total. The maximum atomic E-state index is 13.8. The van der Waals surface area contributed by atoms with Gasteiger partial charge in [0.15, 0.2) is 11.6 Å². The van der Waals surface area contributed by atoms with E-state index in [4.69, 9.17) is 0 Å². The zero-order chi connectivity index (χ0) is 15.6. The summed E-state index contributed by atoms with van der Waals surface area (Å²) in [5.41, 5.74) is -0.467. The van der Waals surface area contributed by atoms with Gasteiger partial charge in [-0.2, -0.15) is 0 Å². The third-order valence-electron chi connectivity index (χ3n) is 2.84. The van der Waals surface area contributed by atoms with Crippen molar-refractivity contribution in [1.29, 1.82) is 0 Å². The Labute approximate surface area is 116 Å². The molecule has 116 valence electrons. The maximum absolute atomic E-state index is 13.8. The molecule has 1 fully saturated rings. The molecule has 0 aliphatic carbocycles. The summed E-state index contributed by atoms with van der Waals surface area (Å²) < 4.78 is 66.5. The van der Waals surface area contributed by atoms with Crippen LogP contribution in [-0.2, 0) is 4.79 Å². The fourth-order valence-electron chi connectivity index (χ4n) is 1.92. The number of anilines is 1. The highest BCUT2D eigenvalue weighted by molar-refractivity contribution is 5.95. The predicted molar refractivity (Wildman–Crippen MR) is 63.0 cm³/mol. The maximum Gasteiger partial charge on any atom is 0.573 e. The van der Waals surface area contributed by atoms with E-state index in [1.54, 1.807) is 0 Å². The average molecular weight is 310 g/mol. The zero-order valence-electron chi connectivity index (χ0n) is 10.5. The minimum absolute atomic E-state index is 0.00219. The van der Waals surface area contributed by atoms with Gasteiger partial charge in [-0.25, -0.2) is 8.78 Å². The van der Waals surface area contributed by atoms with Gasteiger partial charge in [-0.15, -0.1) is 13.2 Å². The normalized spacial score (nSPS) is 22.1. The van der Waals surface area contributed by atoms with Gasteiger partial charge in [-0.05, 0) is 12.1 Å². The van der Waals surface area contributed by atoms with Crippen molar-refractivity contribution in [2.75, 3.05) is 11.9 Å². The van der Waals surface area contributed by atoms with Crippen LogP contribution >= 0.6 is 0 Å². The molecule has 0 saturated carbocycles. The zero-order valence-corrected chi connectivity index (χ0v) is 10.5. The highest BCUT2D eigenvalue weighted by Crippen LogP contribution is 2.29. The summed E-state index contributed by atoms with van der Waals surface area (Å²) in [6.07, 6.45) is -6.31. The van der Waals surface area contributed by atoms with Crippen molar-refractivity contribution in [3.8, 4) is 5.75 Å². The Morgan fingerprint density at radius 1 is 1.38 bits per heavy atom. The highest BCUT2D eigenvalue weighted by Gasteiger charge is 2.33. The molecule has 2 atom stereocenters. The second-order valence-electron chi connectivity index (χ2n) is 4.45. The number of halogens is 5. The minimum atomic E-state index is -5.04. The number of nitrogens with one attached hydrogen (secondary N) is 2. The van der Waals surface area contributed by atoms with Crippen molar-refractivity contribution < 1.29 is 31.5 Å². The molecule has 2 N–H and O–H groups in total. The van der Waals surface area contributed by atoms with Crippen molar-refractivity contribution in [2.45, 2.75) is 25.0 Å². The van der Waals surface area contributed by atoms with Crippen LogP contribution in [0.2, 0.25) is 0 Å². The van der Waals surface area contributed by atoms with Gasteiger partial charge in [0.25, 0.3) is 0 Å². The Balaban J connectivity index is 2.10. The van der Waals surface area contributed by atoms with Crippen molar-refractivity contribution in [3.63, 3.8) is 0 Å².